The van der Waals surface area contributed by atoms with Crippen LogP contribution < -0.4 is 14.8 Å². The summed E-state index contributed by atoms with van der Waals surface area (Å²) in [4.78, 5) is 23.2. The van der Waals surface area contributed by atoms with Crippen LogP contribution in [-0.4, -0.2) is 24.0 Å². The zero-order chi connectivity index (χ0) is 22.3. The Labute approximate surface area is 182 Å². The number of nitro groups is 1. The molecule has 0 unspecified atom stereocenters. The molecule has 0 bridgehead atoms. The second kappa shape index (κ2) is 10.4. The van der Waals surface area contributed by atoms with Crippen molar-refractivity contribution in [3.63, 3.8) is 0 Å². The fourth-order valence-corrected chi connectivity index (χ4v) is 3.20. The van der Waals surface area contributed by atoms with Crippen LogP contribution >= 0.6 is 15.9 Å². The summed E-state index contributed by atoms with van der Waals surface area (Å²) in [5, 5.41) is 23.1. The summed E-state index contributed by atoms with van der Waals surface area (Å²) in [7, 11) is 0. The van der Waals surface area contributed by atoms with Gasteiger partial charge in [-0.2, -0.15) is 5.26 Å². The summed E-state index contributed by atoms with van der Waals surface area (Å²) in [6, 6.07) is 9.59. The first kappa shape index (κ1) is 22.9. The number of ether oxygens (including phenoxy) is 2. The Bertz CT molecular complexity index is 1040. The second-order valence-electron chi connectivity index (χ2n) is 6.10. The standard InChI is InChI=1S/C21H20BrN3O5/c1-4-29-19-11-14(10-16(22)20(19)30-5-2)9-15(12-23)21(26)24-17-7-6-13(3)8-18(17)25(27)28/h6-11H,4-5H2,1-3H3,(H,24,26)/b15-9+. The van der Waals surface area contributed by atoms with E-state index >= 15 is 0 Å². The van der Waals surface area contributed by atoms with E-state index in [0.717, 1.165) is 0 Å². The minimum absolute atomic E-state index is 0.0135. The van der Waals surface area contributed by atoms with Crippen molar-refractivity contribution in [1.29, 1.82) is 5.26 Å². The third-order valence-electron chi connectivity index (χ3n) is 3.89. The van der Waals surface area contributed by atoms with Gasteiger partial charge in [0, 0.05) is 6.07 Å². The van der Waals surface area contributed by atoms with Gasteiger partial charge < -0.3 is 14.8 Å². The molecule has 0 aromatic heterocycles. The van der Waals surface area contributed by atoms with Gasteiger partial charge in [-0.15, -0.1) is 0 Å². The quantitative estimate of drug-likeness (QED) is 0.249. The summed E-state index contributed by atoms with van der Waals surface area (Å²) in [6.07, 6.45) is 1.37. The first-order valence-electron chi connectivity index (χ1n) is 9.08. The highest BCUT2D eigenvalue weighted by Gasteiger charge is 2.19. The molecule has 0 aliphatic heterocycles. The van der Waals surface area contributed by atoms with E-state index in [1.54, 1.807) is 25.1 Å². The van der Waals surface area contributed by atoms with E-state index in [9.17, 15) is 20.2 Å². The molecule has 0 atom stereocenters. The number of nitro benzene ring substituents is 1. The van der Waals surface area contributed by atoms with Crippen molar-refractivity contribution in [1.82, 2.24) is 0 Å². The monoisotopic (exact) mass is 473 g/mol. The number of hydrogen-bond acceptors (Lipinski definition) is 6. The van der Waals surface area contributed by atoms with Crippen LogP contribution in [0.5, 0.6) is 11.5 Å². The van der Waals surface area contributed by atoms with Gasteiger partial charge >= 0.3 is 0 Å². The Morgan fingerprint density at radius 3 is 2.57 bits per heavy atom. The molecule has 0 saturated carbocycles. The van der Waals surface area contributed by atoms with E-state index in [1.165, 1.54) is 18.2 Å². The number of carbonyl (C=O) groups is 1. The molecule has 9 heteroatoms. The molecule has 0 heterocycles. The number of anilines is 1. The molecule has 0 saturated heterocycles. The van der Waals surface area contributed by atoms with Crippen molar-refractivity contribution in [2.45, 2.75) is 20.8 Å². The number of nitrogens with one attached hydrogen (secondary N) is 1. The first-order valence-corrected chi connectivity index (χ1v) is 9.87. The third kappa shape index (κ3) is 5.58. The smallest absolute Gasteiger partial charge is 0.293 e. The Hall–Kier alpha value is -3.38. The highest BCUT2D eigenvalue weighted by molar-refractivity contribution is 9.10. The van der Waals surface area contributed by atoms with Gasteiger partial charge in [0.1, 0.15) is 17.3 Å². The van der Waals surface area contributed by atoms with Gasteiger partial charge in [-0.25, -0.2) is 0 Å². The molecule has 0 fully saturated rings. The number of aryl methyl sites for hydroxylation is 1. The molecule has 8 nitrogen and oxygen atoms in total. The van der Waals surface area contributed by atoms with Gasteiger partial charge in [0.2, 0.25) is 0 Å². The zero-order valence-electron chi connectivity index (χ0n) is 16.7. The number of hydrogen-bond donors (Lipinski definition) is 1. The molecule has 1 N–H and O–H groups in total. The summed E-state index contributed by atoms with van der Waals surface area (Å²) in [6.45, 7) is 6.23. The lowest BCUT2D eigenvalue weighted by Gasteiger charge is -2.13. The minimum Gasteiger partial charge on any atom is -0.490 e. The Morgan fingerprint density at radius 2 is 1.97 bits per heavy atom. The van der Waals surface area contributed by atoms with E-state index in [2.05, 4.69) is 21.2 Å². The maximum Gasteiger partial charge on any atom is 0.293 e. The fourth-order valence-electron chi connectivity index (χ4n) is 2.62. The molecule has 2 aromatic carbocycles. The van der Waals surface area contributed by atoms with Crippen LogP contribution in [0.4, 0.5) is 11.4 Å². The fraction of sp³-hybridized carbons (Fsp3) is 0.238. The van der Waals surface area contributed by atoms with Gasteiger partial charge in [-0.1, -0.05) is 6.07 Å². The number of halogens is 1. The average Bonchev–Trinajstić information content (AvgIpc) is 2.70. The summed E-state index contributed by atoms with van der Waals surface area (Å²) >= 11 is 3.41. The van der Waals surface area contributed by atoms with Crippen molar-refractivity contribution < 1.29 is 19.2 Å². The molecule has 0 aliphatic carbocycles. The molecular weight excluding hydrogens is 454 g/mol. The lowest BCUT2D eigenvalue weighted by molar-refractivity contribution is -0.384. The third-order valence-corrected chi connectivity index (χ3v) is 4.48. The Balaban J connectivity index is 2.39. The van der Waals surface area contributed by atoms with Crippen LogP contribution in [0.3, 0.4) is 0 Å². The topological polar surface area (TPSA) is 114 Å². The predicted molar refractivity (Wildman–Crippen MR) is 117 cm³/mol. The van der Waals surface area contributed by atoms with Crippen LogP contribution in [0, 0.1) is 28.4 Å². The molecule has 0 aliphatic rings. The number of nitriles is 1. The van der Waals surface area contributed by atoms with Crippen molar-refractivity contribution in [2.75, 3.05) is 18.5 Å². The number of rotatable bonds is 8. The van der Waals surface area contributed by atoms with Gasteiger partial charge in [-0.3, -0.25) is 14.9 Å². The lowest BCUT2D eigenvalue weighted by Crippen LogP contribution is -2.14. The number of nitrogens with zero attached hydrogens (tertiary/aromatic N) is 2. The zero-order valence-corrected chi connectivity index (χ0v) is 18.3. The molecule has 2 rings (SSSR count). The summed E-state index contributed by atoms with van der Waals surface area (Å²) < 4.78 is 11.8. The molecule has 0 radical (unpaired) electrons. The Kier molecular flexibility index (Phi) is 7.95. The van der Waals surface area contributed by atoms with Crippen LogP contribution in [0.25, 0.3) is 6.08 Å². The molecular formula is C21H20BrN3O5. The number of amides is 1. The van der Waals surface area contributed by atoms with E-state index in [4.69, 9.17) is 9.47 Å². The SMILES string of the molecule is CCOc1cc(/C=C(\C#N)C(=O)Nc2ccc(C)cc2[N+](=O)[O-])cc(Br)c1OCC. The van der Waals surface area contributed by atoms with E-state index in [1.807, 2.05) is 19.9 Å². The minimum atomic E-state index is -0.757. The maximum atomic E-state index is 12.6. The molecule has 156 valence electrons. The highest BCUT2D eigenvalue weighted by Crippen LogP contribution is 2.37. The summed E-state index contributed by atoms with van der Waals surface area (Å²) in [5.74, 6) is 0.231. The van der Waals surface area contributed by atoms with Gasteiger partial charge in [0.25, 0.3) is 11.6 Å². The average molecular weight is 474 g/mol. The van der Waals surface area contributed by atoms with E-state index in [-0.39, 0.29) is 16.9 Å². The van der Waals surface area contributed by atoms with E-state index < -0.39 is 10.8 Å². The van der Waals surface area contributed by atoms with Crippen molar-refractivity contribution in [3.05, 3.63) is 61.6 Å². The largest absolute Gasteiger partial charge is 0.490 e. The second-order valence-corrected chi connectivity index (χ2v) is 6.95. The summed E-state index contributed by atoms with van der Waals surface area (Å²) in [5.41, 5.74) is 0.753. The van der Waals surface area contributed by atoms with Gasteiger partial charge in [0.05, 0.1) is 22.6 Å². The van der Waals surface area contributed by atoms with Crippen molar-refractivity contribution in [3.8, 4) is 17.6 Å². The Morgan fingerprint density at radius 1 is 1.27 bits per heavy atom. The van der Waals surface area contributed by atoms with Crippen LogP contribution in [0.15, 0.2) is 40.4 Å². The van der Waals surface area contributed by atoms with Gasteiger partial charge in [0.15, 0.2) is 11.5 Å². The molecule has 30 heavy (non-hydrogen) atoms. The lowest BCUT2D eigenvalue weighted by atomic mass is 10.1. The van der Waals surface area contributed by atoms with E-state index in [0.29, 0.717) is 40.3 Å². The van der Waals surface area contributed by atoms with Crippen LogP contribution in [-0.2, 0) is 4.79 Å². The molecule has 1 amide bonds. The maximum absolute atomic E-state index is 12.6. The first-order chi connectivity index (χ1) is 14.3. The molecule has 2 aromatic rings. The van der Waals surface area contributed by atoms with Gasteiger partial charge in [-0.05, 0) is 72.1 Å². The van der Waals surface area contributed by atoms with Crippen LogP contribution in [0.2, 0.25) is 0 Å². The van der Waals surface area contributed by atoms with Crippen molar-refractivity contribution >= 4 is 39.3 Å². The molecule has 0 spiro atoms. The van der Waals surface area contributed by atoms with Crippen molar-refractivity contribution in [2.24, 2.45) is 0 Å². The number of carbonyl (C=O) groups excluding carboxylic acids is 1. The number of benzene rings is 2. The predicted octanol–water partition coefficient (Wildman–Crippen LogP) is 5.01. The van der Waals surface area contributed by atoms with Crippen LogP contribution in [0.1, 0.15) is 25.0 Å². The highest BCUT2D eigenvalue weighted by atomic mass is 79.9. The normalized spacial score (nSPS) is 10.8.